The lowest BCUT2D eigenvalue weighted by atomic mass is 10.1. The molecular formula is C15H21N3O2S. The van der Waals surface area contributed by atoms with Gasteiger partial charge in [-0.3, -0.25) is 9.69 Å². The van der Waals surface area contributed by atoms with Crippen molar-refractivity contribution in [1.82, 2.24) is 9.80 Å². The fraction of sp³-hybridized carbons (Fsp3) is 0.467. The molecule has 1 aliphatic rings. The summed E-state index contributed by atoms with van der Waals surface area (Å²) in [4.78, 5) is 16.9. The maximum Gasteiger partial charge on any atom is 0.254 e. The first-order valence-electron chi connectivity index (χ1n) is 7.14. The number of hydrogen-bond acceptors (Lipinski definition) is 4. The molecule has 1 heterocycles. The van der Waals surface area contributed by atoms with Gasteiger partial charge >= 0.3 is 0 Å². The van der Waals surface area contributed by atoms with Gasteiger partial charge in [-0.2, -0.15) is 0 Å². The molecule has 1 fully saturated rings. The van der Waals surface area contributed by atoms with Crippen LogP contribution in [0.5, 0.6) is 5.75 Å². The van der Waals surface area contributed by atoms with Crippen LogP contribution in [0.25, 0.3) is 0 Å². The number of phenols is 1. The van der Waals surface area contributed by atoms with Gasteiger partial charge in [0.2, 0.25) is 0 Å². The van der Waals surface area contributed by atoms with Crippen LogP contribution in [-0.4, -0.2) is 58.0 Å². The van der Waals surface area contributed by atoms with Crippen LogP contribution < -0.4 is 5.73 Å². The largest absolute Gasteiger partial charge is 0.508 e. The molecule has 6 heteroatoms. The molecule has 1 amide bonds. The van der Waals surface area contributed by atoms with Crippen LogP contribution in [0, 0.1) is 0 Å². The fourth-order valence-electron chi connectivity index (χ4n) is 2.70. The van der Waals surface area contributed by atoms with Crippen molar-refractivity contribution < 1.29 is 9.90 Å². The average molecular weight is 307 g/mol. The molecule has 1 saturated heterocycles. The Kier molecular flexibility index (Phi) is 5.14. The second kappa shape index (κ2) is 6.87. The number of rotatable bonds is 4. The van der Waals surface area contributed by atoms with E-state index in [2.05, 4.69) is 11.8 Å². The number of nitrogens with two attached hydrogens (primary N) is 1. The zero-order chi connectivity index (χ0) is 15.4. The Morgan fingerprint density at radius 1 is 1.38 bits per heavy atom. The lowest BCUT2D eigenvalue weighted by Crippen LogP contribution is -2.54. The molecule has 1 aromatic rings. The topological polar surface area (TPSA) is 69.8 Å². The van der Waals surface area contributed by atoms with Crippen molar-refractivity contribution in [2.45, 2.75) is 19.4 Å². The molecular weight excluding hydrogens is 286 g/mol. The number of nitrogens with zero attached hydrogens (tertiary/aromatic N) is 2. The Morgan fingerprint density at radius 3 is 2.57 bits per heavy atom. The molecule has 0 aliphatic carbocycles. The van der Waals surface area contributed by atoms with Gasteiger partial charge in [-0.1, -0.05) is 25.2 Å². The smallest absolute Gasteiger partial charge is 0.254 e. The summed E-state index contributed by atoms with van der Waals surface area (Å²) >= 11 is 5.10. The molecule has 1 unspecified atom stereocenters. The van der Waals surface area contributed by atoms with Crippen LogP contribution in [0.1, 0.15) is 23.7 Å². The van der Waals surface area contributed by atoms with Crippen molar-refractivity contribution in [2.24, 2.45) is 5.73 Å². The fourth-order valence-corrected chi connectivity index (χ4v) is 3.01. The summed E-state index contributed by atoms with van der Waals surface area (Å²) in [6, 6.07) is 6.57. The highest BCUT2D eigenvalue weighted by molar-refractivity contribution is 7.80. The van der Waals surface area contributed by atoms with Gasteiger partial charge in [0, 0.05) is 31.7 Å². The van der Waals surface area contributed by atoms with E-state index in [9.17, 15) is 9.90 Å². The molecule has 0 bridgehead atoms. The number of aromatic hydroxyl groups is 1. The number of carbonyl (C=O) groups excluding carboxylic acids is 1. The SMILES string of the molecule is CCC(C(N)=S)N1CCN(C(=O)c2cccc(O)c2)CC1. The molecule has 1 aliphatic heterocycles. The van der Waals surface area contributed by atoms with Gasteiger partial charge in [0.25, 0.3) is 5.91 Å². The number of benzene rings is 1. The minimum absolute atomic E-state index is 0.0473. The van der Waals surface area contributed by atoms with E-state index < -0.39 is 0 Å². The van der Waals surface area contributed by atoms with Gasteiger partial charge in [-0.25, -0.2) is 0 Å². The van der Waals surface area contributed by atoms with Crippen molar-refractivity contribution in [2.75, 3.05) is 26.2 Å². The number of hydrogen-bond donors (Lipinski definition) is 2. The molecule has 5 nitrogen and oxygen atoms in total. The minimum Gasteiger partial charge on any atom is -0.508 e. The first kappa shape index (κ1) is 15.7. The Hall–Kier alpha value is -1.66. The summed E-state index contributed by atoms with van der Waals surface area (Å²) in [7, 11) is 0. The van der Waals surface area contributed by atoms with Crippen molar-refractivity contribution in [3.63, 3.8) is 0 Å². The van der Waals surface area contributed by atoms with E-state index in [0.717, 1.165) is 19.5 Å². The van der Waals surface area contributed by atoms with E-state index in [-0.39, 0.29) is 17.7 Å². The number of carbonyl (C=O) groups is 1. The maximum absolute atomic E-state index is 12.4. The third-order valence-electron chi connectivity index (χ3n) is 3.85. The normalized spacial score (nSPS) is 17.5. The van der Waals surface area contributed by atoms with Crippen molar-refractivity contribution in [3.8, 4) is 5.75 Å². The van der Waals surface area contributed by atoms with Crippen LogP contribution >= 0.6 is 12.2 Å². The molecule has 114 valence electrons. The first-order valence-corrected chi connectivity index (χ1v) is 7.55. The predicted octanol–water partition coefficient (Wildman–Crippen LogP) is 1.21. The highest BCUT2D eigenvalue weighted by Gasteiger charge is 2.27. The zero-order valence-corrected chi connectivity index (χ0v) is 13.0. The molecule has 1 atom stereocenters. The third kappa shape index (κ3) is 3.71. The van der Waals surface area contributed by atoms with E-state index in [1.807, 2.05) is 0 Å². The Bertz CT molecular complexity index is 527. The second-order valence-corrected chi connectivity index (χ2v) is 5.68. The number of piperazine rings is 1. The quantitative estimate of drug-likeness (QED) is 0.819. The van der Waals surface area contributed by atoms with E-state index >= 15 is 0 Å². The van der Waals surface area contributed by atoms with Gasteiger partial charge < -0.3 is 15.7 Å². The Morgan fingerprint density at radius 2 is 2.05 bits per heavy atom. The third-order valence-corrected chi connectivity index (χ3v) is 4.12. The molecule has 0 saturated carbocycles. The summed E-state index contributed by atoms with van der Waals surface area (Å²) in [6.45, 7) is 4.89. The molecule has 3 N–H and O–H groups in total. The lowest BCUT2D eigenvalue weighted by molar-refractivity contribution is 0.0611. The minimum atomic E-state index is -0.0473. The maximum atomic E-state index is 12.4. The molecule has 0 aromatic heterocycles. The monoisotopic (exact) mass is 307 g/mol. The van der Waals surface area contributed by atoms with Crippen LogP contribution in [0.15, 0.2) is 24.3 Å². The van der Waals surface area contributed by atoms with Gasteiger partial charge in [-0.05, 0) is 24.6 Å². The highest BCUT2D eigenvalue weighted by atomic mass is 32.1. The molecule has 0 radical (unpaired) electrons. The van der Waals surface area contributed by atoms with Gasteiger partial charge in [0.1, 0.15) is 5.75 Å². The highest BCUT2D eigenvalue weighted by Crippen LogP contribution is 2.16. The summed E-state index contributed by atoms with van der Waals surface area (Å²) in [6.07, 6.45) is 0.885. The standard InChI is InChI=1S/C15H21N3O2S/c1-2-13(14(16)21)17-6-8-18(9-7-17)15(20)11-4-3-5-12(19)10-11/h3-5,10,13,19H,2,6-9H2,1H3,(H2,16,21). The Balaban J connectivity index is 1.97. The van der Waals surface area contributed by atoms with Crippen LogP contribution in [0.2, 0.25) is 0 Å². The Labute approximate surface area is 130 Å². The first-order chi connectivity index (χ1) is 10.0. The summed E-state index contributed by atoms with van der Waals surface area (Å²) < 4.78 is 0. The lowest BCUT2D eigenvalue weighted by Gasteiger charge is -2.38. The number of phenolic OH excluding ortho intramolecular Hbond substituents is 1. The second-order valence-electron chi connectivity index (χ2n) is 5.20. The van der Waals surface area contributed by atoms with Gasteiger partial charge in [0.15, 0.2) is 0 Å². The van der Waals surface area contributed by atoms with E-state index in [1.165, 1.54) is 6.07 Å². The van der Waals surface area contributed by atoms with Crippen LogP contribution in [-0.2, 0) is 0 Å². The molecule has 1 aromatic carbocycles. The summed E-state index contributed by atoms with van der Waals surface area (Å²) in [5.41, 5.74) is 6.28. The van der Waals surface area contributed by atoms with Crippen molar-refractivity contribution >= 4 is 23.1 Å². The summed E-state index contributed by atoms with van der Waals surface area (Å²) in [5.74, 6) is 0.0629. The molecule has 0 spiro atoms. The number of thiocarbonyl (C=S) groups is 1. The van der Waals surface area contributed by atoms with Crippen molar-refractivity contribution in [1.29, 1.82) is 0 Å². The average Bonchev–Trinajstić information content (AvgIpc) is 2.47. The molecule has 21 heavy (non-hydrogen) atoms. The van der Waals surface area contributed by atoms with Gasteiger partial charge in [-0.15, -0.1) is 0 Å². The summed E-state index contributed by atoms with van der Waals surface area (Å²) in [5, 5.41) is 9.46. The van der Waals surface area contributed by atoms with Crippen LogP contribution in [0.4, 0.5) is 0 Å². The zero-order valence-electron chi connectivity index (χ0n) is 12.2. The van der Waals surface area contributed by atoms with E-state index in [4.69, 9.17) is 18.0 Å². The van der Waals surface area contributed by atoms with Gasteiger partial charge in [0.05, 0.1) is 11.0 Å². The van der Waals surface area contributed by atoms with E-state index in [1.54, 1.807) is 23.1 Å². The van der Waals surface area contributed by atoms with E-state index in [0.29, 0.717) is 23.6 Å². The molecule has 2 rings (SSSR count). The van der Waals surface area contributed by atoms with Crippen LogP contribution in [0.3, 0.4) is 0 Å². The predicted molar refractivity (Wildman–Crippen MR) is 86.4 cm³/mol. The number of amides is 1. The van der Waals surface area contributed by atoms with Crippen molar-refractivity contribution in [3.05, 3.63) is 29.8 Å².